The number of anilines is 2. The Kier molecular flexibility index (Phi) is 3.82. The van der Waals surface area contributed by atoms with Gasteiger partial charge in [-0.15, -0.1) is 0 Å². The van der Waals surface area contributed by atoms with Crippen molar-refractivity contribution < 1.29 is 13.6 Å². The zero-order valence-corrected chi connectivity index (χ0v) is 9.50. The number of carbonyl (C=O) groups is 1. The molecular weight excluding hydrogens is 230 g/mol. The highest BCUT2D eigenvalue weighted by Crippen LogP contribution is 2.18. The van der Waals surface area contributed by atoms with Crippen molar-refractivity contribution in [3.63, 3.8) is 0 Å². The molecule has 1 rings (SSSR count). The minimum absolute atomic E-state index is 0.167. The van der Waals surface area contributed by atoms with Crippen LogP contribution in [0.2, 0.25) is 0 Å². The van der Waals surface area contributed by atoms with Crippen molar-refractivity contribution in [2.45, 2.75) is 19.9 Å². The lowest BCUT2D eigenvalue weighted by atomic mass is 10.0. The van der Waals surface area contributed by atoms with Gasteiger partial charge in [0, 0.05) is 6.07 Å². The number of carbonyl (C=O) groups excluding carboxylic acids is 1. The Hall–Kier alpha value is -1.92. The predicted molar refractivity (Wildman–Crippen MR) is 60.0 cm³/mol. The molecule has 0 aliphatic carbocycles. The molecule has 0 fully saturated rings. The molecule has 1 unspecified atom stereocenters. The highest BCUT2D eigenvalue weighted by atomic mass is 19.1. The second-order valence-corrected chi connectivity index (χ2v) is 3.95. The zero-order valence-electron chi connectivity index (χ0n) is 9.50. The highest BCUT2D eigenvalue weighted by Gasteiger charge is 2.22. The van der Waals surface area contributed by atoms with E-state index in [2.05, 4.69) is 10.3 Å². The molecule has 0 bridgehead atoms. The Morgan fingerprint density at radius 1 is 1.41 bits per heavy atom. The fourth-order valence-corrected chi connectivity index (χ4v) is 1.30. The standard InChI is InChI=1S/C10H14F2N4O/c1-4(2)7(9(14)17)15-10-6(12)3-5(11)8(13)16-10/h3-4,7H,1-2H3,(H2,14,17)(H3,13,15,16). The van der Waals surface area contributed by atoms with Crippen LogP contribution in [0.25, 0.3) is 0 Å². The normalized spacial score (nSPS) is 12.5. The molecule has 0 aromatic carbocycles. The number of nitrogens with zero attached hydrogens (tertiary/aromatic N) is 1. The average Bonchev–Trinajstić information content (AvgIpc) is 2.20. The van der Waals surface area contributed by atoms with Gasteiger partial charge < -0.3 is 16.8 Å². The van der Waals surface area contributed by atoms with Gasteiger partial charge in [0.2, 0.25) is 5.91 Å². The maximum atomic E-state index is 13.3. The summed E-state index contributed by atoms with van der Waals surface area (Å²) in [6, 6.07) is -0.204. The van der Waals surface area contributed by atoms with E-state index in [0.717, 1.165) is 0 Å². The fraction of sp³-hybridized carbons (Fsp3) is 0.400. The Morgan fingerprint density at radius 2 is 2.00 bits per heavy atom. The Morgan fingerprint density at radius 3 is 2.47 bits per heavy atom. The van der Waals surface area contributed by atoms with Gasteiger partial charge in [-0.2, -0.15) is 0 Å². The smallest absolute Gasteiger partial charge is 0.240 e. The van der Waals surface area contributed by atoms with E-state index in [1.165, 1.54) is 0 Å². The maximum Gasteiger partial charge on any atom is 0.240 e. The topological polar surface area (TPSA) is 94.0 Å². The SMILES string of the molecule is CC(C)C(Nc1nc(N)c(F)cc1F)C(N)=O. The third-order valence-electron chi connectivity index (χ3n) is 2.22. The monoisotopic (exact) mass is 244 g/mol. The summed E-state index contributed by atoms with van der Waals surface area (Å²) in [6.07, 6.45) is 0. The fourth-order valence-electron chi connectivity index (χ4n) is 1.30. The van der Waals surface area contributed by atoms with Crippen LogP contribution in [0.4, 0.5) is 20.4 Å². The molecule has 0 radical (unpaired) electrons. The first kappa shape index (κ1) is 13.1. The first-order valence-corrected chi connectivity index (χ1v) is 5.00. The van der Waals surface area contributed by atoms with Crippen molar-refractivity contribution in [2.75, 3.05) is 11.1 Å². The zero-order chi connectivity index (χ0) is 13.2. The first-order chi connectivity index (χ1) is 7.82. The van der Waals surface area contributed by atoms with E-state index in [1.807, 2.05) is 0 Å². The van der Waals surface area contributed by atoms with Gasteiger partial charge >= 0.3 is 0 Å². The molecule has 7 heteroatoms. The van der Waals surface area contributed by atoms with Crippen LogP contribution in [-0.4, -0.2) is 16.9 Å². The number of pyridine rings is 1. The lowest BCUT2D eigenvalue weighted by Crippen LogP contribution is -2.40. The van der Waals surface area contributed by atoms with Crippen molar-refractivity contribution in [3.8, 4) is 0 Å². The quantitative estimate of drug-likeness (QED) is 0.732. The molecule has 1 aromatic rings. The third kappa shape index (κ3) is 3.02. The second kappa shape index (κ2) is 4.94. The Balaban J connectivity index is 3.01. The molecule has 1 aromatic heterocycles. The number of primary amides is 1. The minimum atomic E-state index is -0.951. The molecule has 5 N–H and O–H groups in total. The summed E-state index contributed by atoms with van der Waals surface area (Å²) in [5.74, 6) is -3.43. The van der Waals surface area contributed by atoms with Gasteiger partial charge in [-0.1, -0.05) is 13.8 Å². The Labute approximate surface area is 97.2 Å². The molecule has 0 saturated carbocycles. The van der Waals surface area contributed by atoms with E-state index in [1.54, 1.807) is 13.8 Å². The van der Waals surface area contributed by atoms with Crippen LogP contribution in [0.5, 0.6) is 0 Å². The highest BCUT2D eigenvalue weighted by molar-refractivity contribution is 5.83. The molecule has 17 heavy (non-hydrogen) atoms. The van der Waals surface area contributed by atoms with E-state index in [0.29, 0.717) is 6.07 Å². The molecule has 1 amide bonds. The van der Waals surface area contributed by atoms with Gasteiger partial charge in [-0.25, -0.2) is 13.8 Å². The largest absolute Gasteiger partial charge is 0.381 e. The number of hydrogen-bond acceptors (Lipinski definition) is 4. The molecule has 0 spiro atoms. The van der Waals surface area contributed by atoms with Crippen molar-refractivity contribution >= 4 is 17.5 Å². The van der Waals surface area contributed by atoms with Gasteiger partial charge in [-0.05, 0) is 5.92 Å². The van der Waals surface area contributed by atoms with E-state index in [4.69, 9.17) is 11.5 Å². The summed E-state index contributed by atoms with van der Waals surface area (Å²) in [5.41, 5.74) is 10.4. The predicted octanol–water partition coefficient (Wildman–Crippen LogP) is 0.864. The van der Waals surface area contributed by atoms with Crippen molar-refractivity contribution in [1.82, 2.24) is 4.98 Å². The van der Waals surface area contributed by atoms with E-state index >= 15 is 0 Å². The van der Waals surface area contributed by atoms with E-state index in [9.17, 15) is 13.6 Å². The number of nitrogens with one attached hydrogen (secondary N) is 1. The molecule has 0 aliphatic heterocycles. The third-order valence-corrected chi connectivity index (χ3v) is 2.22. The van der Waals surface area contributed by atoms with Crippen molar-refractivity contribution in [2.24, 2.45) is 11.7 Å². The second-order valence-electron chi connectivity index (χ2n) is 3.95. The lowest BCUT2D eigenvalue weighted by molar-refractivity contribution is -0.119. The van der Waals surface area contributed by atoms with Crippen LogP contribution in [-0.2, 0) is 4.79 Å². The number of nitrogen functional groups attached to an aromatic ring is 1. The van der Waals surface area contributed by atoms with Gasteiger partial charge in [0.05, 0.1) is 0 Å². The first-order valence-electron chi connectivity index (χ1n) is 5.00. The minimum Gasteiger partial charge on any atom is -0.381 e. The number of amides is 1. The molecule has 0 saturated heterocycles. The summed E-state index contributed by atoms with van der Waals surface area (Å²) in [5, 5.41) is 2.51. The summed E-state index contributed by atoms with van der Waals surface area (Å²) in [6.45, 7) is 3.46. The van der Waals surface area contributed by atoms with Crippen LogP contribution >= 0.6 is 0 Å². The van der Waals surface area contributed by atoms with E-state index in [-0.39, 0.29) is 11.7 Å². The number of rotatable bonds is 4. The summed E-state index contributed by atoms with van der Waals surface area (Å²) in [7, 11) is 0. The molecule has 1 atom stereocenters. The summed E-state index contributed by atoms with van der Waals surface area (Å²) < 4.78 is 26.2. The van der Waals surface area contributed by atoms with Gasteiger partial charge in [0.1, 0.15) is 6.04 Å². The van der Waals surface area contributed by atoms with Crippen molar-refractivity contribution in [1.29, 1.82) is 0 Å². The Bertz CT molecular complexity index is 437. The van der Waals surface area contributed by atoms with Crippen molar-refractivity contribution in [3.05, 3.63) is 17.7 Å². The number of nitrogens with two attached hydrogens (primary N) is 2. The van der Waals surface area contributed by atoms with Gasteiger partial charge in [-0.3, -0.25) is 4.79 Å². The summed E-state index contributed by atoms with van der Waals surface area (Å²) >= 11 is 0. The van der Waals surface area contributed by atoms with Gasteiger partial charge in [0.15, 0.2) is 23.3 Å². The van der Waals surface area contributed by atoms with Crippen LogP contribution in [0.3, 0.4) is 0 Å². The average molecular weight is 244 g/mol. The lowest BCUT2D eigenvalue weighted by Gasteiger charge is -2.19. The van der Waals surface area contributed by atoms with Crippen LogP contribution in [0.1, 0.15) is 13.8 Å². The van der Waals surface area contributed by atoms with Crippen LogP contribution in [0.15, 0.2) is 6.07 Å². The molecule has 0 aliphatic rings. The van der Waals surface area contributed by atoms with Crippen LogP contribution < -0.4 is 16.8 Å². The number of hydrogen-bond donors (Lipinski definition) is 3. The van der Waals surface area contributed by atoms with Gasteiger partial charge in [0.25, 0.3) is 0 Å². The van der Waals surface area contributed by atoms with Crippen LogP contribution in [0, 0.1) is 17.6 Å². The molecular formula is C10H14F2N4O. The molecule has 5 nitrogen and oxygen atoms in total. The summed E-state index contributed by atoms with van der Waals surface area (Å²) in [4.78, 5) is 14.6. The molecule has 1 heterocycles. The molecule has 94 valence electrons. The number of halogens is 2. The maximum absolute atomic E-state index is 13.3. The van der Waals surface area contributed by atoms with E-state index < -0.39 is 29.4 Å². The number of aromatic nitrogens is 1.